The molecule has 1 heterocycles. The Balaban J connectivity index is 1.72. The molecule has 1 heteroatoms. The molecule has 1 aromatic rings. The molecule has 2 fully saturated rings. The van der Waals surface area contributed by atoms with Crippen molar-refractivity contribution in [1.29, 1.82) is 0 Å². The van der Waals surface area contributed by atoms with Crippen LogP contribution in [0.3, 0.4) is 0 Å². The molecule has 3 rings (SSSR count). The van der Waals surface area contributed by atoms with E-state index in [0.29, 0.717) is 0 Å². The molecule has 110 valence electrons. The molecular formula is C19H29N. The maximum atomic E-state index is 3.76. The normalized spacial score (nSPS) is 26.3. The molecule has 0 amide bonds. The Labute approximate surface area is 124 Å². The lowest BCUT2D eigenvalue weighted by Gasteiger charge is -2.35. The van der Waals surface area contributed by atoms with Crippen molar-refractivity contribution in [2.75, 3.05) is 6.54 Å². The fourth-order valence-corrected chi connectivity index (χ4v) is 4.27. The minimum atomic E-state index is 0.760. The Bertz CT molecular complexity index is 374. The van der Waals surface area contributed by atoms with Crippen LogP contribution in [-0.4, -0.2) is 12.6 Å². The summed E-state index contributed by atoms with van der Waals surface area (Å²) in [4.78, 5) is 0. The molecule has 2 unspecified atom stereocenters. The lowest BCUT2D eigenvalue weighted by Crippen LogP contribution is -2.36. The van der Waals surface area contributed by atoms with Gasteiger partial charge < -0.3 is 5.32 Å². The number of benzene rings is 1. The lowest BCUT2D eigenvalue weighted by molar-refractivity contribution is 0.260. The van der Waals surface area contributed by atoms with Crippen molar-refractivity contribution in [3.05, 3.63) is 35.9 Å². The van der Waals surface area contributed by atoms with Crippen LogP contribution in [0.15, 0.2) is 30.3 Å². The highest BCUT2D eigenvalue weighted by molar-refractivity contribution is 5.21. The first kappa shape index (κ1) is 14.1. The van der Waals surface area contributed by atoms with E-state index in [1.807, 2.05) is 0 Å². The summed E-state index contributed by atoms with van der Waals surface area (Å²) in [5.41, 5.74) is 1.59. The molecular weight excluding hydrogens is 242 g/mol. The van der Waals surface area contributed by atoms with Crippen LogP contribution in [-0.2, 0) is 0 Å². The monoisotopic (exact) mass is 271 g/mol. The van der Waals surface area contributed by atoms with E-state index in [4.69, 9.17) is 0 Å². The molecule has 0 radical (unpaired) electrons. The summed E-state index contributed by atoms with van der Waals surface area (Å²) in [6.45, 7) is 1.23. The second-order valence-electron chi connectivity index (χ2n) is 6.80. The summed E-state index contributed by atoms with van der Waals surface area (Å²) in [7, 11) is 0. The van der Waals surface area contributed by atoms with E-state index in [1.54, 1.807) is 5.56 Å². The van der Waals surface area contributed by atoms with E-state index in [1.165, 1.54) is 64.3 Å². The van der Waals surface area contributed by atoms with E-state index in [2.05, 4.69) is 35.6 Å². The molecule has 1 aliphatic carbocycles. The van der Waals surface area contributed by atoms with Crippen LogP contribution in [0.25, 0.3) is 0 Å². The Kier molecular flexibility index (Phi) is 5.13. The first-order valence-electron chi connectivity index (χ1n) is 8.72. The maximum absolute atomic E-state index is 3.76. The minimum Gasteiger partial charge on any atom is -0.314 e. The molecule has 1 aliphatic heterocycles. The van der Waals surface area contributed by atoms with Gasteiger partial charge in [-0.05, 0) is 56.0 Å². The van der Waals surface area contributed by atoms with Gasteiger partial charge in [-0.3, -0.25) is 0 Å². The van der Waals surface area contributed by atoms with Gasteiger partial charge in [0.15, 0.2) is 0 Å². The standard InChI is InChI=1S/C19H29N/c1-3-9-16(10-4-1)19(17-11-5-2-6-12-17)15-18-13-7-8-14-20-18/h1,3-4,9-10,17-20H,2,5-8,11-15H2. The van der Waals surface area contributed by atoms with Gasteiger partial charge in [0.25, 0.3) is 0 Å². The van der Waals surface area contributed by atoms with Gasteiger partial charge in [-0.25, -0.2) is 0 Å². The summed E-state index contributed by atoms with van der Waals surface area (Å²) in [6.07, 6.45) is 12.8. The Morgan fingerprint density at radius 2 is 1.65 bits per heavy atom. The van der Waals surface area contributed by atoms with E-state index in [9.17, 15) is 0 Å². The third kappa shape index (κ3) is 3.63. The zero-order chi connectivity index (χ0) is 13.6. The van der Waals surface area contributed by atoms with Crippen LogP contribution >= 0.6 is 0 Å². The zero-order valence-corrected chi connectivity index (χ0v) is 12.7. The second-order valence-corrected chi connectivity index (χ2v) is 6.80. The summed E-state index contributed by atoms with van der Waals surface area (Å²) < 4.78 is 0. The molecule has 1 N–H and O–H groups in total. The van der Waals surface area contributed by atoms with E-state index >= 15 is 0 Å². The van der Waals surface area contributed by atoms with Gasteiger partial charge in [0.1, 0.15) is 0 Å². The van der Waals surface area contributed by atoms with Gasteiger partial charge in [0.05, 0.1) is 0 Å². The van der Waals surface area contributed by atoms with Crippen LogP contribution < -0.4 is 5.32 Å². The number of piperidine rings is 1. The predicted octanol–water partition coefficient (Wildman–Crippen LogP) is 4.88. The molecule has 0 aromatic heterocycles. The Morgan fingerprint density at radius 3 is 2.35 bits per heavy atom. The number of nitrogens with one attached hydrogen (secondary N) is 1. The quantitative estimate of drug-likeness (QED) is 0.822. The van der Waals surface area contributed by atoms with E-state index in [-0.39, 0.29) is 0 Å². The second kappa shape index (κ2) is 7.26. The Hall–Kier alpha value is -0.820. The molecule has 2 aliphatic rings. The van der Waals surface area contributed by atoms with Crippen molar-refractivity contribution < 1.29 is 0 Å². The number of hydrogen-bond donors (Lipinski definition) is 1. The van der Waals surface area contributed by atoms with Gasteiger partial charge in [0, 0.05) is 6.04 Å². The lowest BCUT2D eigenvalue weighted by atomic mass is 9.73. The van der Waals surface area contributed by atoms with Crippen molar-refractivity contribution in [3.8, 4) is 0 Å². The maximum Gasteiger partial charge on any atom is 0.00729 e. The SMILES string of the molecule is c1ccc(C(CC2CCCCN2)C2CCCCC2)cc1. The summed E-state index contributed by atoms with van der Waals surface area (Å²) in [5.74, 6) is 1.71. The summed E-state index contributed by atoms with van der Waals surface area (Å²) in [5, 5.41) is 3.76. The first-order chi connectivity index (χ1) is 9.93. The van der Waals surface area contributed by atoms with Gasteiger partial charge in [-0.2, -0.15) is 0 Å². The van der Waals surface area contributed by atoms with Crippen molar-refractivity contribution in [3.63, 3.8) is 0 Å². The van der Waals surface area contributed by atoms with Crippen molar-refractivity contribution in [1.82, 2.24) is 5.32 Å². The molecule has 1 nitrogen and oxygen atoms in total. The highest BCUT2D eigenvalue weighted by Gasteiger charge is 2.28. The third-order valence-electron chi connectivity index (χ3n) is 5.40. The largest absolute Gasteiger partial charge is 0.314 e. The van der Waals surface area contributed by atoms with Crippen LogP contribution in [0.2, 0.25) is 0 Å². The summed E-state index contributed by atoms with van der Waals surface area (Å²) >= 11 is 0. The molecule has 1 saturated carbocycles. The van der Waals surface area contributed by atoms with Crippen LogP contribution in [0.5, 0.6) is 0 Å². The van der Waals surface area contributed by atoms with E-state index < -0.39 is 0 Å². The molecule has 1 aromatic carbocycles. The highest BCUT2D eigenvalue weighted by Crippen LogP contribution is 2.39. The van der Waals surface area contributed by atoms with Crippen molar-refractivity contribution in [2.45, 2.75) is 69.7 Å². The fraction of sp³-hybridized carbons (Fsp3) is 0.684. The predicted molar refractivity (Wildman–Crippen MR) is 86.0 cm³/mol. The highest BCUT2D eigenvalue weighted by atomic mass is 14.9. The Morgan fingerprint density at radius 1 is 0.900 bits per heavy atom. The molecule has 0 spiro atoms. The molecule has 20 heavy (non-hydrogen) atoms. The topological polar surface area (TPSA) is 12.0 Å². The smallest absolute Gasteiger partial charge is 0.00729 e. The van der Waals surface area contributed by atoms with Crippen LogP contribution in [0, 0.1) is 5.92 Å². The van der Waals surface area contributed by atoms with Gasteiger partial charge in [0.2, 0.25) is 0 Å². The third-order valence-corrected chi connectivity index (χ3v) is 5.40. The van der Waals surface area contributed by atoms with Crippen molar-refractivity contribution >= 4 is 0 Å². The molecule has 0 bridgehead atoms. The minimum absolute atomic E-state index is 0.760. The zero-order valence-electron chi connectivity index (χ0n) is 12.7. The van der Waals surface area contributed by atoms with Gasteiger partial charge in [-0.15, -0.1) is 0 Å². The average Bonchev–Trinajstić information content (AvgIpc) is 2.55. The van der Waals surface area contributed by atoms with Gasteiger partial charge >= 0.3 is 0 Å². The van der Waals surface area contributed by atoms with E-state index in [0.717, 1.165) is 17.9 Å². The van der Waals surface area contributed by atoms with Crippen molar-refractivity contribution in [2.24, 2.45) is 5.92 Å². The summed E-state index contributed by atoms with van der Waals surface area (Å²) in [6, 6.07) is 12.1. The first-order valence-corrected chi connectivity index (χ1v) is 8.72. The molecule has 1 saturated heterocycles. The number of rotatable bonds is 4. The number of hydrogen-bond acceptors (Lipinski definition) is 1. The average molecular weight is 271 g/mol. The fourth-order valence-electron chi connectivity index (χ4n) is 4.27. The van der Waals surface area contributed by atoms with Gasteiger partial charge in [-0.1, -0.05) is 56.0 Å². The molecule has 2 atom stereocenters. The van der Waals surface area contributed by atoms with Crippen LogP contribution in [0.1, 0.15) is 69.3 Å². The van der Waals surface area contributed by atoms with Crippen LogP contribution in [0.4, 0.5) is 0 Å².